The van der Waals surface area contributed by atoms with Crippen LogP contribution in [0.25, 0.3) is 0 Å². The molecule has 0 atom stereocenters. The molecule has 0 spiro atoms. The van der Waals surface area contributed by atoms with Gasteiger partial charge in [0.05, 0.1) is 5.69 Å². The van der Waals surface area contributed by atoms with Gasteiger partial charge in [-0.3, -0.25) is 4.68 Å². The normalized spacial score (nSPS) is 12.9. The molecule has 7 heteroatoms. The van der Waals surface area contributed by atoms with Gasteiger partial charge in [0, 0.05) is 50.2 Å². The summed E-state index contributed by atoms with van der Waals surface area (Å²) in [6.45, 7) is 8.18. The Labute approximate surface area is 161 Å². The summed E-state index contributed by atoms with van der Waals surface area (Å²) in [5.74, 6) is 0.834. The third-order valence-electron chi connectivity index (χ3n) is 5.12. The molecule has 2 aromatic heterocycles. The quantitative estimate of drug-likeness (QED) is 0.812. The highest BCUT2D eigenvalue weighted by atomic mass is 16.2. The molecule has 0 fully saturated rings. The fraction of sp³-hybridized carbons (Fsp3) is 0.600. The average molecular weight is 371 g/mol. The zero-order valence-electron chi connectivity index (χ0n) is 16.9. The van der Waals surface area contributed by atoms with E-state index in [0.717, 1.165) is 48.7 Å². The first-order chi connectivity index (χ1) is 12.9. The van der Waals surface area contributed by atoms with Crippen molar-refractivity contribution in [2.75, 3.05) is 20.1 Å². The zero-order valence-corrected chi connectivity index (χ0v) is 16.9. The second-order valence-electron chi connectivity index (χ2n) is 7.41. The van der Waals surface area contributed by atoms with Crippen molar-refractivity contribution >= 4 is 6.03 Å². The van der Waals surface area contributed by atoms with Gasteiger partial charge in [0.25, 0.3) is 0 Å². The maximum Gasteiger partial charge on any atom is 0.317 e. The van der Waals surface area contributed by atoms with Crippen molar-refractivity contribution in [3.8, 4) is 0 Å². The van der Waals surface area contributed by atoms with Crippen LogP contribution in [0.15, 0.2) is 6.07 Å². The van der Waals surface area contributed by atoms with Crippen LogP contribution in [0.4, 0.5) is 4.79 Å². The number of aromatic nitrogens is 4. The summed E-state index contributed by atoms with van der Waals surface area (Å²) in [6.07, 6.45) is 4.86. The maximum atomic E-state index is 12.3. The molecule has 0 aliphatic heterocycles. The van der Waals surface area contributed by atoms with Crippen molar-refractivity contribution in [1.82, 2.24) is 30.0 Å². The van der Waals surface area contributed by atoms with Crippen molar-refractivity contribution in [1.29, 1.82) is 0 Å². The van der Waals surface area contributed by atoms with E-state index in [1.807, 2.05) is 18.7 Å². The Kier molecular flexibility index (Phi) is 6.08. The molecular formula is C20H30N6O. The Morgan fingerprint density at radius 3 is 2.81 bits per heavy atom. The molecule has 3 rings (SSSR count). The summed E-state index contributed by atoms with van der Waals surface area (Å²) in [5, 5.41) is 7.42. The molecule has 0 saturated carbocycles. The van der Waals surface area contributed by atoms with Gasteiger partial charge < -0.3 is 10.2 Å². The molecule has 0 bridgehead atoms. The van der Waals surface area contributed by atoms with Gasteiger partial charge in [-0.25, -0.2) is 14.8 Å². The first-order valence-corrected chi connectivity index (χ1v) is 9.79. The van der Waals surface area contributed by atoms with Gasteiger partial charge in [-0.15, -0.1) is 0 Å². The smallest absolute Gasteiger partial charge is 0.317 e. The van der Waals surface area contributed by atoms with Crippen LogP contribution in [0, 0.1) is 20.8 Å². The van der Waals surface area contributed by atoms with Gasteiger partial charge >= 0.3 is 6.03 Å². The van der Waals surface area contributed by atoms with Gasteiger partial charge in [0.15, 0.2) is 0 Å². The fourth-order valence-electron chi connectivity index (χ4n) is 3.67. The molecule has 2 aromatic rings. The molecule has 2 amide bonds. The van der Waals surface area contributed by atoms with Crippen molar-refractivity contribution in [3.05, 3.63) is 40.2 Å². The van der Waals surface area contributed by atoms with Gasteiger partial charge in [0.2, 0.25) is 0 Å². The number of urea groups is 1. The average Bonchev–Trinajstić information content (AvgIpc) is 3.21. The van der Waals surface area contributed by atoms with E-state index in [1.165, 1.54) is 17.7 Å². The van der Waals surface area contributed by atoms with Crippen molar-refractivity contribution in [2.45, 2.75) is 59.4 Å². The standard InChI is InChI=1S/C20H30N6O/c1-14-13-15(2)26(24-14)12-6-11-25(4)20(27)21-10-9-19-22-16(3)17-7-5-8-18(17)23-19/h13H,5-12H2,1-4H3,(H,21,27). The van der Waals surface area contributed by atoms with Crippen LogP contribution in [-0.4, -0.2) is 50.8 Å². The third kappa shape index (κ3) is 4.84. The molecular weight excluding hydrogens is 340 g/mol. The molecule has 7 nitrogen and oxygen atoms in total. The van der Waals surface area contributed by atoms with Gasteiger partial charge in [0.1, 0.15) is 5.82 Å². The summed E-state index contributed by atoms with van der Waals surface area (Å²) < 4.78 is 1.99. The number of hydrogen-bond acceptors (Lipinski definition) is 4. The van der Waals surface area contributed by atoms with Gasteiger partial charge in [-0.1, -0.05) is 0 Å². The topological polar surface area (TPSA) is 75.9 Å². The second-order valence-corrected chi connectivity index (χ2v) is 7.41. The predicted molar refractivity (Wildman–Crippen MR) is 105 cm³/mol. The lowest BCUT2D eigenvalue weighted by atomic mass is 10.2. The predicted octanol–water partition coefficient (Wildman–Crippen LogP) is 2.36. The summed E-state index contributed by atoms with van der Waals surface area (Å²) in [6, 6.07) is 2.01. The number of nitrogens with zero attached hydrogens (tertiary/aromatic N) is 5. The minimum Gasteiger partial charge on any atom is -0.338 e. The van der Waals surface area contributed by atoms with Gasteiger partial charge in [-0.2, -0.15) is 5.10 Å². The van der Waals surface area contributed by atoms with E-state index >= 15 is 0 Å². The van der Waals surface area contributed by atoms with Crippen LogP contribution in [0.3, 0.4) is 0 Å². The van der Waals surface area contributed by atoms with Crippen molar-refractivity contribution in [3.63, 3.8) is 0 Å². The second kappa shape index (κ2) is 8.50. The Hall–Kier alpha value is -2.44. The lowest BCUT2D eigenvalue weighted by Gasteiger charge is -2.18. The first-order valence-electron chi connectivity index (χ1n) is 9.79. The number of carbonyl (C=O) groups excluding carboxylic acids is 1. The fourth-order valence-corrected chi connectivity index (χ4v) is 3.67. The SMILES string of the molecule is Cc1cc(C)n(CCCN(C)C(=O)NCCc2nc(C)c3c(n2)CCC3)n1. The Bertz CT molecular complexity index is 813. The minimum atomic E-state index is -0.0544. The molecule has 146 valence electrons. The number of hydrogen-bond donors (Lipinski definition) is 1. The molecule has 0 radical (unpaired) electrons. The van der Waals surface area contributed by atoms with Crippen molar-refractivity contribution < 1.29 is 4.79 Å². The van der Waals surface area contributed by atoms with E-state index in [2.05, 4.69) is 40.3 Å². The summed E-state index contributed by atoms with van der Waals surface area (Å²) in [7, 11) is 1.83. The molecule has 1 aliphatic rings. The van der Waals surface area contributed by atoms with Crippen LogP contribution in [0.5, 0.6) is 0 Å². The number of fused-ring (bicyclic) bond motifs is 1. The number of aryl methyl sites for hydroxylation is 5. The Morgan fingerprint density at radius 1 is 1.26 bits per heavy atom. The monoisotopic (exact) mass is 370 g/mol. The van der Waals surface area contributed by atoms with Crippen LogP contribution in [-0.2, 0) is 25.8 Å². The first kappa shape index (κ1) is 19.3. The molecule has 2 heterocycles. The minimum absolute atomic E-state index is 0.0544. The van der Waals surface area contributed by atoms with Crippen LogP contribution in [0.1, 0.15) is 47.0 Å². The Balaban J connectivity index is 1.40. The van der Waals surface area contributed by atoms with E-state index in [4.69, 9.17) is 0 Å². The molecule has 0 saturated heterocycles. The molecule has 1 N–H and O–H groups in total. The van der Waals surface area contributed by atoms with Crippen LogP contribution in [0.2, 0.25) is 0 Å². The lowest BCUT2D eigenvalue weighted by molar-refractivity contribution is 0.207. The van der Waals surface area contributed by atoms with Gasteiger partial charge in [-0.05, 0) is 58.1 Å². The van der Waals surface area contributed by atoms with Crippen LogP contribution < -0.4 is 5.32 Å². The highest BCUT2D eigenvalue weighted by molar-refractivity contribution is 5.73. The summed E-state index contributed by atoms with van der Waals surface area (Å²) in [5.41, 5.74) is 5.81. The van der Waals surface area contributed by atoms with E-state index in [-0.39, 0.29) is 6.03 Å². The molecule has 0 unspecified atom stereocenters. The van der Waals surface area contributed by atoms with Crippen molar-refractivity contribution in [2.24, 2.45) is 0 Å². The molecule has 1 aliphatic carbocycles. The highest BCUT2D eigenvalue weighted by Crippen LogP contribution is 2.22. The van der Waals surface area contributed by atoms with Crippen LogP contribution >= 0.6 is 0 Å². The van der Waals surface area contributed by atoms with E-state index < -0.39 is 0 Å². The van der Waals surface area contributed by atoms with E-state index in [9.17, 15) is 4.79 Å². The van der Waals surface area contributed by atoms with E-state index in [0.29, 0.717) is 19.5 Å². The number of carbonyl (C=O) groups is 1. The van der Waals surface area contributed by atoms with E-state index in [1.54, 1.807) is 4.90 Å². The molecule has 27 heavy (non-hydrogen) atoms. The summed E-state index contributed by atoms with van der Waals surface area (Å²) >= 11 is 0. The maximum absolute atomic E-state index is 12.3. The lowest BCUT2D eigenvalue weighted by Crippen LogP contribution is -2.39. The highest BCUT2D eigenvalue weighted by Gasteiger charge is 2.17. The third-order valence-corrected chi connectivity index (χ3v) is 5.12. The number of nitrogens with one attached hydrogen (secondary N) is 1. The zero-order chi connectivity index (χ0) is 19.4. The Morgan fingerprint density at radius 2 is 2.07 bits per heavy atom. The molecule has 0 aromatic carbocycles. The summed E-state index contributed by atoms with van der Waals surface area (Å²) in [4.78, 5) is 23.2. The number of rotatable bonds is 7. The number of amides is 2. The largest absolute Gasteiger partial charge is 0.338 e.